The first kappa shape index (κ1) is 11.7. The summed E-state index contributed by atoms with van der Waals surface area (Å²) in [6.07, 6.45) is 1.79. The molecule has 4 heteroatoms. The lowest BCUT2D eigenvalue weighted by molar-refractivity contribution is 0.828. The topological polar surface area (TPSA) is 39.3 Å². The number of aryl methyl sites for hydroxylation is 3. The Morgan fingerprint density at radius 2 is 1.79 bits per heavy atom. The van der Waals surface area contributed by atoms with Crippen molar-refractivity contribution in [2.24, 2.45) is 7.05 Å². The fraction of sp³-hybridized carbons (Fsp3) is 0.200. The molecule has 96 valence electrons. The van der Waals surface area contributed by atoms with Gasteiger partial charge in [0.1, 0.15) is 0 Å². The van der Waals surface area contributed by atoms with E-state index in [1.807, 2.05) is 49.7 Å². The highest BCUT2D eigenvalue weighted by Crippen LogP contribution is 2.18. The van der Waals surface area contributed by atoms with E-state index in [1.54, 1.807) is 16.7 Å². The van der Waals surface area contributed by atoms with E-state index >= 15 is 0 Å². The average Bonchev–Trinajstić information content (AvgIpc) is 2.83. The number of fused-ring (bicyclic) bond motifs is 1. The van der Waals surface area contributed by atoms with Crippen LogP contribution >= 0.6 is 0 Å². The van der Waals surface area contributed by atoms with Crippen LogP contribution in [0, 0.1) is 13.8 Å². The van der Waals surface area contributed by atoms with Crippen LogP contribution in [0.2, 0.25) is 0 Å². The largest absolute Gasteiger partial charge is 0.319 e. The maximum atomic E-state index is 12.0. The van der Waals surface area contributed by atoms with Crippen molar-refractivity contribution >= 4 is 5.78 Å². The van der Waals surface area contributed by atoms with Crippen molar-refractivity contribution in [3.8, 4) is 11.3 Å². The predicted molar refractivity (Wildman–Crippen MR) is 75.3 cm³/mol. The molecule has 0 unspecified atom stereocenters. The van der Waals surface area contributed by atoms with Crippen molar-refractivity contribution in [2.45, 2.75) is 13.8 Å². The van der Waals surface area contributed by atoms with Crippen LogP contribution in [-0.4, -0.2) is 14.0 Å². The molecule has 3 aromatic rings. The third kappa shape index (κ3) is 1.85. The van der Waals surface area contributed by atoms with Gasteiger partial charge in [-0.15, -0.1) is 0 Å². The predicted octanol–water partition coefficient (Wildman–Crippen LogP) is 2.32. The maximum absolute atomic E-state index is 12.0. The Kier molecular flexibility index (Phi) is 2.52. The summed E-state index contributed by atoms with van der Waals surface area (Å²) in [6.45, 7) is 3.95. The second kappa shape index (κ2) is 4.09. The summed E-state index contributed by atoms with van der Waals surface area (Å²) in [5.41, 5.74) is 3.90. The minimum absolute atomic E-state index is 0.0449. The molecule has 0 bridgehead atoms. The smallest absolute Gasteiger partial charge is 0.259 e. The Hall–Kier alpha value is -2.36. The molecule has 3 rings (SSSR count). The molecule has 0 saturated heterocycles. The van der Waals surface area contributed by atoms with Gasteiger partial charge in [-0.1, -0.05) is 29.8 Å². The molecular formula is C15H15N3O. The van der Waals surface area contributed by atoms with Crippen LogP contribution in [0.25, 0.3) is 17.0 Å². The molecule has 0 saturated carbocycles. The Labute approximate surface area is 111 Å². The van der Waals surface area contributed by atoms with Crippen LogP contribution < -0.4 is 5.56 Å². The summed E-state index contributed by atoms with van der Waals surface area (Å²) in [6, 6.07) is 9.75. The number of aromatic nitrogens is 3. The zero-order valence-corrected chi connectivity index (χ0v) is 11.2. The van der Waals surface area contributed by atoms with Crippen molar-refractivity contribution in [1.29, 1.82) is 0 Å². The molecular weight excluding hydrogens is 238 g/mol. The lowest BCUT2D eigenvalue weighted by Gasteiger charge is -2.04. The van der Waals surface area contributed by atoms with Crippen molar-refractivity contribution in [1.82, 2.24) is 14.0 Å². The first-order valence-corrected chi connectivity index (χ1v) is 6.19. The van der Waals surface area contributed by atoms with E-state index < -0.39 is 0 Å². The molecule has 0 spiro atoms. The van der Waals surface area contributed by atoms with Crippen LogP contribution in [0.4, 0.5) is 0 Å². The molecule has 2 aromatic heterocycles. The van der Waals surface area contributed by atoms with E-state index in [4.69, 9.17) is 0 Å². The molecule has 0 N–H and O–H groups in total. The number of rotatable bonds is 1. The van der Waals surface area contributed by atoms with Gasteiger partial charge in [-0.2, -0.15) is 0 Å². The van der Waals surface area contributed by atoms with Crippen LogP contribution in [0.1, 0.15) is 11.3 Å². The van der Waals surface area contributed by atoms with Crippen molar-refractivity contribution < 1.29 is 0 Å². The van der Waals surface area contributed by atoms with Crippen LogP contribution in [0.15, 0.2) is 41.3 Å². The zero-order chi connectivity index (χ0) is 13.6. The molecule has 1 aromatic carbocycles. The van der Waals surface area contributed by atoms with Crippen LogP contribution in [-0.2, 0) is 7.05 Å². The molecule has 2 heterocycles. The third-order valence-corrected chi connectivity index (χ3v) is 3.43. The molecule has 0 atom stereocenters. The molecule has 0 radical (unpaired) electrons. The first-order chi connectivity index (χ1) is 9.06. The van der Waals surface area contributed by atoms with Gasteiger partial charge in [0.2, 0.25) is 5.78 Å². The van der Waals surface area contributed by atoms with Gasteiger partial charge in [0.25, 0.3) is 5.56 Å². The number of hydrogen-bond acceptors (Lipinski definition) is 2. The summed E-state index contributed by atoms with van der Waals surface area (Å²) >= 11 is 0. The normalized spacial score (nSPS) is 11.1. The van der Waals surface area contributed by atoms with Gasteiger partial charge in [0.15, 0.2) is 0 Å². The molecule has 0 fully saturated rings. The van der Waals surface area contributed by atoms with Gasteiger partial charge in [-0.05, 0) is 13.8 Å². The minimum Gasteiger partial charge on any atom is -0.319 e. The third-order valence-electron chi connectivity index (χ3n) is 3.43. The summed E-state index contributed by atoms with van der Waals surface area (Å²) in [5.74, 6) is 0.667. The molecule has 0 amide bonds. The van der Waals surface area contributed by atoms with Gasteiger partial charge in [-0.3, -0.25) is 9.20 Å². The fourth-order valence-corrected chi connectivity index (χ4v) is 2.14. The number of nitrogens with zero attached hydrogens (tertiary/aromatic N) is 3. The van der Waals surface area contributed by atoms with Gasteiger partial charge < -0.3 is 4.57 Å². The van der Waals surface area contributed by atoms with E-state index in [0.29, 0.717) is 5.78 Å². The summed E-state index contributed by atoms with van der Waals surface area (Å²) < 4.78 is 3.50. The van der Waals surface area contributed by atoms with Gasteiger partial charge in [-0.25, -0.2) is 4.98 Å². The standard InChI is InChI=1S/C15H15N3O/c1-10-4-6-12(7-5-10)13-9-18-14(19)8-11(2)17(3)15(18)16-13/h4-9H,1-3H3. The molecule has 4 nitrogen and oxygen atoms in total. The first-order valence-electron chi connectivity index (χ1n) is 6.19. The van der Waals surface area contributed by atoms with E-state index in [0.717, 1.165) is 17.0 Å². The fourth-order valence-electron chi connectivity index (χ4n) is 2.14. The second-order valence-electron chi connectivity index (χ2n) is 4.85. The van der Waals surface area contributed by atoms with Crippen molar-refractivity contribution in [3.63, 3.8) is 0 Å². The molecule has 19 heavy (non-hydrogen) atoms. The summed E-state index contributed by atoms with van der Waals surface area (Å²) in [4.78, 5) is 16.5. The van der Waals surface area contributed by atoms with Crippen LogP contribution in [0.5, 0.6) is 0 Å². The molecule has 0 aliphatic heterocycles. The Morgan fingerprint density at radius 1 is 1.11 bits per heavy atom. The van der Waals surface area contributed by atoms with Gasteiger partial charge >= 0.3 is 0 Å². The lowest BCUT2D eigenvalue weighted by atomic mass is 10.1. The van der Waals surface area contributed by atoms with Crippen LogP contribution in [0.3, 0.4) is 0 Å². The number of imidazole rings is 1. The maximum Gasteiger partial charge on any atom is 0.259 e. The van der Waals surface area contributed by atoms with E-state index in [-0.39, 0.29) is 5.56 Å². The highest BCUT2D eigenvalue weighted by Gasteiger charge is 2.09. The SMILES string of the molecule is Cc1ccc(-c2cn3c(=O)cc(C)n(C)c3n2)cc1. The Bertz CT molecular complexity index is 810. The highest BCUT2D eigenvalue weighted by molar-refractivity contribution is 5.61. The van der Waals surface area contributed by atoms with Crippen molar-refractivity contribution in [2.75, 3.05) is 0 Å². The minimum atomic E-state index is -0.0449. The van der Waals surface area contributed by atoms with Gasteiger partial charge in [0.05, 0.1) is 5.69 Å². The Morgan fingerprint density at radius 3 is 2.47 bits per heavy atom. The summed E-state index contributed by atoms with van der Waals surface area (Å²) in [7, 11) is 1.91. The average molecular weight is 253 g/mol. The number of benzene rings is 1. The van der Waals surface area contributed by atoms with E-state index in [2.05, 4.69) is 4.98 Å². The summed E-state index contributed by atoms with van der Waals surface area (Å²) in [5, 5.41) is 0. The quantitative estimate of drug-likeness (QED) is 0.667. The molecule has 0 aliphatic rings. The lowest BCUT2D eigenvalue weighted by Crippen LogP contribution is -2.16. The van der Waals surface area contributed by atoms with Gasteiger partial charge in [0, 0.05) is 30.6 Å². The second-order valence-corrected chi connectivity index (χ2v) is 4.85. The highest BCUT2D eigenvalue weighted by atomic mass is 16.1. The van der Waals surface area contributed by atoms with E-state index in [9.17, 15) is 4.79 Å². The monoisotopic (exact) mass is 253 g/mol. The molecule has 0 aliphatic carbocycles. The zero-order valence-electron chi connectivity index (χ0n) is 11.2. The van der Waals surface area contributed by atoms with E-state index in [1.165, 1.54) is 5.56 Å². The van der Waals surface area contributed by atoms with Crippen molar-refractivity contribution in [3.05, 3.63) is 58.1 Å². The Balaban J connectivity index is 2.27. The number of hydrogen-bond donors (Lipinski definition) is 0.